The van der Waals surface area contributed by atoms with Crippen LogP contribution in [0, 0.1) is 0 Å². The number of carbonyl (C=O) groups excluding carboxylic acids is 1. The highest BCUT2D eigenvalue weighted by molar-refractivity contribution is 5.98. The second-order valence-corrected chi connectivity index (χ2v) is 4.69. The molecule has 0 aliphatic carbocycles. The van der Waals surface area contributed by atoms with E-state index in [9.17, 15) is 22.4 Å². The molecule has 0 saturated carbocycles. The Morgan fingerprint density at radius 1 is 1.33 bits per heavy atom. The number of amides is 2. The van der Waals surface area contributed by atoms with E-state index in [1.54, 1.807) is 19.3 Å². The molecule has 0 radical (unpaired) electrons. The third kappa shape index (κ3) is 4.83. The van der Waals surface area contributed by atoms with E-state index in [1.807, 2.05) is 0 Å². The number of ether oxygens (including phenoxy) is 1. The first-order valence-electron chi connectivity index (χ1n) is 6.59. The van der Waals surface area contributed by atoms with Crippen molar-refractivity contribution in [1.82, 2.24) is 14.8 Å². The van der Waals surface area contributed by atoms with Gasteiger partial charge in [0.15, 0.2) is 12.4 Å². The van der Waals surface area contributed by atoms with Crippen molar-refractivity contribution in [3.05, 3.63) is 30.6 Å². The van der Waals surface area contributed by atoms with Gasteiger partial charge >= 0.3 is 18.4 Å². The van der Waals surface area contributed by atoms with E-state index in [0.717, 1.165) is 12.3 Å². The molecule has 0 unspecified atom stereocenters. The van der Waals surface area contributed by atoms with Gasteiger partial charge in [0.05, 0.1) is 11.9 Å². The van der Waals surface area contributed by atoms with Crippen LogP contribution in [-0.4, -0.2) is 39.8 Å². The maximum absolute atomic E-state index is 12.7. The van der Waals surface area contributed by atoms with Gasteiger partial charge < -0.3 is 10.1 Å². The molecule has 0 aliphatic heterocycles. The van der Waals surface area contributed by atoms with Crippen LogP contribution in [-0.2, 0) is 7.05 Å². The Hall–Kier alpha value is -2.85. The van der Waals surface area contributed by atoms with Gasteiger partial charge in [0, 0.05) is 25.4 Å². The fourth-order valence-electron chi connectivity index (χ4n) is 1.53. The molecular formula is C13H13F4N5O2. The first-order valence-corrected chi connectivity index (χ1v) is 6.59. The number of alkyl halides is 4. The maximum Gasteiger partial charge on any atom is 0.340 e. The Morgan fingerprint density at radius 2 is 2.08 bits per heavy atom. The van der Waals surface area contributed by atoms with Crippen molar-refractivity contribution in [2.75, 3.05) is 17.2 Å². The van der Waals surface area contributed by atoms with Gasteiger partial charge in [-0.25, -0.2) is 18.6 Å². The lowest BCUT2D eigenvalue weighted by Gasteiger charge is -2.15. The summed E-state index contributed by atoms with van der Waals surface area (Å²) in [5.74, 6) is -4.20. The molecule has 2 heterocycles. The quantitative estimate of drug-likeness (QED) is 0.788. The molecule has 2 N–H and O–H groups in total. The molecule has 0 bridgehead atoms. The van der Waals surface area contributed by atoms with Crippen molar-refractivity contribution in [2.24, 2.45) is 7.05 Å². The molecule has 0 saturated heterocycles. The van der Waals surface area contributed by atoms with E-state index in [0.29, 0.717) is 5.82 Å². The maximum atomic E-state index is 12.7. The molecule has 24 heavy (non-hydrogen) atoms. The molecule has 0 fully saturated rings. The standard InChI is InChI=1S/C13H13F4N5O2/c1-22-5-4-9(21-22)20-12(23)19-8-2-3-10(18-6-8)24-7-13(16,17)11(14)15/h2-6,11H,7H2,1H3,(H2,19,20,21,23). The molecule has 2 aromatic rings. The number of urea groups is 1. The van der Waals surface area contributed by atoms with Crippen LogP contribution >= 0.6 is 0 Å². The van der Waals surface area contributed by atoms with Crippen LogP contribution in [0.2, 0.25) is 0 Å². The van der Waals surface area contributed by atoms with Crippen molar-refractivity contribution in [3.63, 3.8) is 0 Å². The lowest BCUT2D eigenvalue weighted by molar-refractivity contribution is -0.148. The summed E-state index contributed by atoms with van der Waals surface area (Å²) in [6.45, 7) is -1.50. The first kappa shape index (κ1) is 17.5. The fraction of sp³-hybridized carbons (Fsp3) is 0.308. The molecule has 2 aromatic heterocycles. The molecule has 0 aromatic carbocycles. The fourth-order valence-corrected chi connectivity index (χ4v) is 1.53. The predicted molar refractivity (Wildman–Crippen MR) is 76.5 cm³/mol. The summed E-state index contributed by atoms with van der Waals surface area (Å²) in [6, 6.07) is 3.48. The van der Waals surface area contributed by atoms with Crippen LogP contribution in [0.25, 0.3) is 0 Å². The Kier molecular flexibility index (Phi) is 5.21. The highest BCUT2D eigenvalue weighted by Gasteiger charge is 2.41. The van der Waals surface area contributed by atoms with Crippen LogP contribution in [0.1, 0.15) is 0 Å². The second kappa shape index (κ2) is 7.15. The smallest absolute Gasteiger partial charge is 0.340 e. The van der Waals surface area contributed by atoms with Crippen LogP contribution in [0.15, 0.2) is 30.6 Å². The summed E-state index contributed by atoms with van der Waals surface area (Å²) in [5, 5.41) is 8.84. The second-order valence-electron chi connectivity index (χ2n) is 4.69. The Balaban J connectivity index is 1.86. The van der Waals surface area contributed by atoms with Gasteiger partial charge in [0.1, 0.15) is 0 Å². The van der Waals surface area contributed by atoms with E-state index < -0.39 is 25.0 Å². The summed E-state index contributed by atoms with van der Waals surface area (Å²) >= 11 is 0. The minimum atomic E-state index is -4.26. The van der Waals surface area contributed by atoms with E-state index in [2.05, 4.69) is 25.5 Å². The predicted octanol–water partition coefficient (Wildman–Crippen LogP) is 2.74. The summed E-state index contributed by atoms with van der Waals surface area (Å²) < 4.78 is 55.4. The molecule has 2 rings (SSSR count). The SMILES string of the molecule is Cn1ccc(NC(=O)Nc2ccc(OCC(F)(F)C(F)F)nc2)n1. The first-order chi connectivity index (χ1) is 11.3. The van der Waals surface area contributed by atoms with Crippen LogP contribution < -0.4 is 15.4 Å². The van der Waals surface area contributed by atoms with Gasteiger partial charge in [-0.1, -0.05) is 0 Å². The number of nitrogens with zero attached hydrogens (tertiary/aromatic N) is 3. The number of halogens is 4. The number of hydrogen-bond donors (Lipinski definition) is 2. The highest BCUT2D eigenvalue weighted by Crippen LogP contribution is 2.24. The third-order valence-corrected chi connectivity index (χ3v) is 2.68. The largest absolute Gasteiger partial charge is 0.471 e. The number of aryl methyl sites for hydroxylation is 1. The van der Waals surface area contributed by atoms with Crippen LogP contribution in [0.5, 0.6) is 5.88 Å². The third-order valence-electron chi connectivity index (χ3n) is 2.68. The zero-order valence-electron chi connectivity index (χ0n) is 12.3. The average molecular weight is 347 g/mol. The number of carbonyl (C=O) groups is 1. The minimum absolute atomic E-state index is 0.247. The van der Waals surface area contributed by atoms with Crippen molar-refractivity contribution >= 4 is 17.5 Å². The van der Waals surface area contributed by atoms with Crippen molar-refractivity contribution < 1.29 is 27.1 Å². The zero-order chi connectivity index (χ0) is 17.7. The number of pyridine rings is 1. The van der Waals surface area contributed by atoms with Gasteiger partial charge in [0.2, 0.25) is 5.88 Å². The van der Waals surface area contributed by atoms with Crippen molar-refractivity contribution in [3.8, 4) is 5.88 Å². The van der Waals surface area contributed by atoms with E-state index in [4.69, 9.17) is 0 Å². The summed E-state index contributed by atoms with van der Waals surface area (Å²) in [4.78, 5) is 15.3. The average Bonchev–Trinajstić information content (AvgIpc) is 2.91. The Bertz CT molecular complexity index is 690. The number of nitrogens with one attached hydrogen (secondary N) is 2. The van der Waals surface area contributed by atoms with Crippen LogP contribution in [0.3, 0.4) is 0 Å². The monoisotopic (exact) mass is 347 g/mol. The molecule has 130 valence electrons. The molecular weight excluding hydrogens is 334 g/mol. The topological polar surface area (TPSA) is 81.1 Å². The highest BCUT2D eigenvalue weighted by atomic mass is 19.3. The molecule has 11 heteroatoms. The van der Waals surface area contributed by atoms with Gasteiger partial charge in [-0.2, -0.15) is 13.9 Å². The molecule has 0 aliphatic rings. The van der Waals surface area contributed by atoms with E-state index in [-0.39, 0.29) is 11.6 Å². The molecule has 2 amide bonds. The van der Waals surface area contributed by atoms with Crippen LogP contribution in [0.4, 0.5) is 33.9 Å². The van der Waals surface area contributed by atoms with Gasteiger partial charge in [-0.05, 0) is 6.07 Å². The van der Waals surface area contributed by atoms with E-state index >= 15 is 0 Å². The number of anilines is 2. The number of aromatic nitrogens is 3. The lowest BCUT2D eigenvalue weighted by atomic mass is 10.4. The van der Waals surface area contributed by atoms with Gasteiger partial charge in [-0.15, -0.1) is 0 Å². The number of hydrogen-bond acceptors (Lipinski definition) is 4. The summed E-state index contributed by atoms with van der Waals surface area (Å²) in [6.07, 6.45) is -1.06. The lowest BCUT2D eigenvalue weighted by Crippen LogP contribution is -2.33. The molecule has 0 atom stereocenters. The van der Waals surface area contributed by atoms with Gasteiger partial charge in [-0.3, -0.25) is 10.00 Å². The molecule has 7 nitrogen and oxygen atoms in total. The Morgan fingerprint density at radius 3 is 2.62 bits per heavy atom. The zero-order valence-corrected chi connectivity index (χ0v) is 12.3. The van der Waals surface area contributed by atoms with Crippen molar-refractivity contribution in [2.45, 2.75) is 12.3 Å². The summed E-state index contributed by atoms with van der Waals surface area (Å²) in [5.41, 5.74) is 0.247. The summed E-state index contributed by atoms with van der Waals surface area (Å²) in [7, 11) is 1.68. The molecule has 0 spiro atoms. The van der Waals surface area contributed by atoms with Gasteiger partial charge in [0.25, 0.3) is 0 Å². The van der Waals surface area contributed by atoms with Crippen molar-refractivity contribution in [1.29, 1.82) is 0 Å². The Labute approximate surface area is 133 Å². The number of rotatable bonds is 6. The normalized spacial score (nSPS) is 11.4. The minimum Gasteiger partial charge on any atom is -0.471 e. The van der Waals surface area contributed by atoms with E-state index in [1.165, 1.54) is 10.7 Å².